The zero-order valence-corrected chi connectivity index (χ0v) is 18.9. The summed E-state index contributed by atoms with van der Waals surface area (Å²) in [5.41, 5.74) is 0.105. The summed E-state index contributed by atoms with van der Waals surface area (Å²) in [5.74, 6) is 2.21. The lowest BCUT2D eigenvalue weighted by molar-refractivity contribution is -0.188. The minimum atomic E-state index is -2.83. The van der Waals surface area contributed by atoms with Crippen molar-refractivity contribution < 1.29 is 13.2 Å². The quantitative estimate of drug-likeness (QED) is 0.353. The fourth-order valence-corrected chi connectivity index (χ4v) is 6.60. The van der Waals surface area contributed by atoms with Gasteiger partial charge in [-0.2, -0.15) is 0 Å². The highest BCUT2D eigenvalue weighted by Crippen LogP contribution is 2.51. The summed E-state index contributed by atoms with van der Waals surface area (Å²) < 4.78 is 29.3. The van der Waals surface area contributed by atoms with Gasteiger partial charge in [-0.1, -0.05) is 13.8 Å². The molecule has 4 rings (SSSR count). The Kier molecular flexibility index (Phi) is 6.14. The van der Waals surface area contributed by atoms with Gasteiger partial charge in [0.1, 0.15) is 0 Å². The van der Waals surface area contributed by atoms with Gasteiger partial charge < -0.3 is 15.4 Å². The molecule has 2 saturated heterocycles. The lowest BCUT2D eigenvalue weighted by Crippen LogP contribution is -2.71. The van der Waals surface area contributed by atoms with E-state index in [1.54, 1.807) is 0 Å². The SMILES string of the molecule is CC1(C)C(NC(=NCC2CCS(=O)(=O)C2)NC2CC2)C2CCCOC21.I. The van der Waals surface area contributed by atoms with Gasteiger partial charge in [0.05, 0.1) is 17.6 Å². The molecule has 4 atom stereocenters. The number of sulfone groups is 1. The maximum Gasteiger partial charge on any atom is 0.191 e. The molecule has 0 aromatic rings. The Bertz CT molecular complexity index is 648. The number of hydrogen-bond acceptors (Lipinski definition) is 4. The molecule has 0 radical (unpaired) electrons. The smallest absolute Gasteiger partial charge is 0.191 e. The van der Waals surface area contributed by atoms with Crippen molar-refractivity contribution in [2.75, 3.05) is 24.7 Å². The van der Waals surface area contributed by atoms with Gasteiger partial charge in [-0.05, 0) is 38.0 Å². The van der Waals surface area contributed by atoms with Gasteiger partial charge in [0, 0.05) is 36.6 Å². The van der Waals surface area contributed by atoms with E-state index in [0.717, 1.165) is 25.4 Å². The highest BCUT2D eigenvalue weighted by Gasteiger charge is 2.58. The standard InChI is InChI=1S/C18H31N3O3S.HI/c1-18(2)15(14-4-3-8-24-16(14)18)21-17(20-13-5-6-13)19-10-12-7-9-25(22,23)11-12;/h12-16H,3-11H2,1-2H3,(H2,19,20,21);1H. The molecule has 4 unspecified atom stereocenters. The van der Waals surface area contributed by atoms with Crippen LogP contribution >= 0.6 is 24.0 Å². The summed E-state index contributed by atoms with van der Waals surface area (Å²) in [6, 6.07) is 0.898. The number of guanidine groups is 1. The van der Waals surface area contributed by atoms with Crippen LogP contribution in [0.2, 0.25) is 0 Å². The van der Waals surface area contributed by atoms with E-state index in [4.69, 9.17) is 9.73 Å². The molecular formula is C18H32IN3O3S. The molecule has 4 aliphatic rings. The topological polar surface area (TPSA) is 79.8 Å². The van der Waals surface area contributed by atoms with Crippen LogP contribution in [0, 0.1) is 17.3 Å². The Hall–Kier alpha value is -0.0900. The molecule has 6 nitrogen and oxygen atoms in total. The van der Waals surface area contributed by atoms with Crippen LogP contribution in [0.1, 0.15) is 46.0 Å². The van der Waals surface area contributed by atoms with Crippen LogP contribution in [0.3, 0.4) is 0 Å². The van der Waals surface area contributed by atoms with Crippen LogP contribution in [-0.2, 0) is 14.6 Å². The van der Waals surface area contributed by atoms with E-state index in [0.29, 0.717) is 42.2 Å². The van der Waals surface area contributed by atoms with E-state index >= 15 is 0 Å². The Morgan fingerprint density at radius 1 is 1.19 bits per heavy atom. The van der Waals surface area contributed by atoms with Crippen LogP contribution in [0.15, 0.2) is 4.99 Å². The number of rotatable bonds is 4. The average Bonchev–Trinajstić information content (AvgIpc) is 3.31. The summed E-state index contributed by atoms with van der Waals surface area (Å²) in [6.07, 6.45) is 5.83. The number of nitrogens with one attached hydrogen (secondary N) is 2. The van der Waals surface area contributed by atoms with E-state index in [9.17, 15) is 8.42 Å². The first-order valence-electron chi connectivity index (χ1n) is 9.75. The third kappa shape index (κ3) is 4.32. The second-order valence-corrected chi connectivity index (χ2v) is 11.1. The van der Waals surface area contributed by atoms with Crippen LogP contribution in [0.4, 0.5) is 0 Å². The summed E-state index contributed by atoms with van der Waals surface area (Å²) in [7, 11) is -2.83. The summed E-state index contributed by atoms with van der Waals surface area (Å²) in [5, 5.41) is 7.19. The molecular weight excluding hydrogens is 465 g/mol. The number of halogens is 1. The van der Waals surface area contributed by atoms with Gasteiger partial charge in [0.2, 0.25) is 0 Å². The number of hydrogen-bond donors (Lipinski definition) is 2. The molecule has 0 aromatic heterocycles. The number of aliphatic imine (C=N–C) groups is 1. The van der Waals surface area contributed by atoms with Crippen molar-refractivity contribution in [1.82, 2.24) is 10.6 Å². The zero-order valence-electron chi connectivity index (χ0n) is 15.7. The molecule has 2 aliphatic carbocycles. The van der Waals surface area contributed by atoms with Gasteiger partial charge in [-0.15, -0.1) is 24.0 Å². The number of ether oxygens (including phenoxy) is 1. The molecule has 0 amide bonds. The van der Waals surface area contributed by atoms with Crippen LogP contribution in [-0.4, -0.2) is 57.2 Å². The fraction of sp³-hybridized carbons (Fsp3) is 0.944. The molecule has 0 aromatic carbocycles. The van der Waals surface area contributed by atoms with Crippen molar-refractivity contribution in [1.29, 1.82) is 0 Å². The first-order chi connectivity index (χ1) is 11.9. The van der Waals surface area contributed by atoms with Crippen molar-refractivity contribution >= 4 is 39.8 Å². The third-order valence-electron chi connectivity index (χ3n) is 6.38. The largest absolute Gasteiger partial charge is 0.377 e. The molecule has 2 heterocycles. The summed E-state index contributed by atoms with van der Waals surface area (Å²) in [6.45, 7) is 6.03. The summed E-state index contributed by atoms with van der Waals surface area (Å²) in [4.78, 5) is 4.77. The first-order valence-corrected chi connectivity index (χ1v) is 11.6. The van der Waals surface area contributed by atoms with Gasteiger partial charge in [0.15, 0.2) is 15.8 Å². The van der Waals surface area contributed by atoms with Crippen molar-refractivity contribution in [2.45, 2.75) is 64.1 Å². The van der Waals surface area contributed by atoms with E-state index < -0.39 is 9.84 Å². The van der Waals surface area contributed by atoms with Crippen molar-refractivity contribution in [2.24, 2.45) is 22.2 Å². The summed E-state index contributed by atoms with van der Waals surface area (Å²) >= 11 is 0. The Morgan fingerprint density at radius 3 is 2.62 bits per heavy atom. The predicted octanol–water partition coefficient (Wildman–Crippen LogP) is 1.94. The molecule has 4 fully saturated rings. The maximum absolute atomic E-state index is 11.7. The zero-order chi connectivity index (χ0) is 17.7. The molecule has 0 bridgehead atoms. The van der Waals surface area contributed by atoms with Gasteiger partial charge in [-0.25, -0.2) is 8.42 Å². The average molecular weight is 497 g/mol. The van der Waals surface area contributed by atoms with Gasteiger partial charge >= 0.3 is 0 Å². The second-order valence-electron chi connectivity index (χ2n) is 8.92. The van der Waals surface area contributed by atoms with Crippen LogP contribution in [0.5, 0.6) is 0 Å². The van der Waals surface area contributed by atoms with Crippen molar-refractivity contribution in [3.05, 3.63) is 0 Å². The monoisotopic (exact) mass is 497 g/mol. The minimum Gasteiger partial charge on any atom is -0.377 e. The lowest BCUT2D eigenvalue weighted by atomic mass is 9.55. The molecule has 2 N–H and O–H groups in total. The highest BCUT2D eigenvalue weighted by molar-refractivity contribution is 14.0. The van der Waals surface area contributed by atoms with Crippen LogP contribution in [0.25, 0.3) is 0 Å². The maximum atomic E-state index is 11.7. The first kappa shape index (κ1) is 20.6. The highest BCUT2D eigenvalue weighted by atomic mass is 127. The molecule has 0 spiro atoms. The Balaban J connectivity index is 0.00000196. The predicted molar refractivity (Wildman–Crippen MR) is 114 cm³/mol. The second kappa shape index (κ2) is 7.73. The van der Waals surface area contributed by atoms with Crippen molar-refractivity contribution in [3.8, 4) is 0 Å². The Labute approximate surface area is 174 Å². The van der Waals surface area contributed by atoms with Crippen molar-refractivity contribution in [3.63, 3.8) is 0 Å². The molecule has 26 heavy (non-hydrogen) atoms. The normalized spacial score (nSPS) is 37.8. The molecule has 8 heteroatoms. The fourth-order valence-electron chi connectivity index (χ4n) is 4.75. The molecule has 150 valence electrons. The molecule has 2 aliphatic heterocycles. The van der Waals surface area contributed by atoms with Crippen LogP contribution < -0.4 is 10.6 Å². The van der Waals surface area contributed by atoms with E-state index in [1.165, 1.54) is 19.3 Å². The minimum absolute atomic E-state index is 0. The number of nitrogens with zero attached hydrogens (tertiary/aromatic N) is 1. The Morgan fingerprint density at radius 2 is 1.96 bits per heavy atom. The number of fused-ring (bicyclic) bond motifs is 1. The van der Waals surface area contributed by atoms with Gasteiger partial charge in [-0.3, -0.25) is 4.99 Å². The molecule has 2 saturated carbocycles. The lowest BCUT2D eigenvalue weighted by Gasteiger charge is -2.60. The van der Waals surface area contributed by atoms with Gasteiger partial charge in [0.25, 0.3) is 0 Å². The van der Waals surface area contributed by atoms with E-state index in [-0.39, 0.29) is 35.3 Å². The van der Waals surface area contributed by atoms with E-state index in [2.05, 4.69) is 24.5 Å². The van der Waals surface area contributed by atoms with E-state index in [1.807, 2.05) is 0 Å². The third-order valence-corrected chi connectivity index (χ3v) is 8.21.